The van der Waals surface area contributed by atoms with Gasteiger partial charge in [-0.05, 0) is 17.7 Å². The van der Waals surface area contributed by atoms with Gasteiger partial charge in [-0.15, -0.1) is 0 Å². The standard InChI is InChI=1S/C10H7F3N2O2/c11-10(12,13)8-3-6(4-14)1-2-7(8)5-15-9(16)17/h1-3,15H,5H2,(H,16,17). The third-order valence-electron chi connectivity index (χ3n) is 1.97. The fourth-order valence-electron chi connectivity index (χ4n) is 1.23. The summed E-state index contributed by atoms with van der Waals surface area (Å²) in [5, 5.41) is 18.7. The summed E-state index contributed by atoms with van der Waals surface area (Å²) < 4.78 is 37.8. The summed E-state index contributed by atoms with van der Waals surface area (Å²) in [5.74, 6) is 0. The van der Waals surface area contributed by atoms with E-state index in [1.165, 1.54) is 6.07 Å². The van der Waals surface area contributed by atoms with Crippen molar-refractivity contribution in [3.8, 4) is 6.07 Å². The average molecular weight is 244 g/mol. The fraction of sp³-hybridized carbons (Fsp3) is 0.200. The molecule has 17 heavy (non-hydrogen) atoms. The predicted octanol–water partition coefficient (Wildman–Crippen LogP) is 2.34. The molecule has 0 unspecified atom stereocenters. The Morgan fingerprint density at radius 2 is 2.12 bits per heavy atom. The number of nitriles is 1. The lowest BCUT2D eigenvalue weighted by atomic mass is 10.0. The van der Waals surface area contributed by atoms with Crippen LogP contribution in [0.25, 0.3) is 0 Å². The number of rotatable bonds is 2. The molecule has 0 bridgehead atoms. The second kappa shape index (κ2) is 4.74. The lowest BCUT2D eigenvalue weighted by Gasteiger charge is -2.12. The number of amides is 1. The Bertz CT molecular complexity index is 477. The highest BCUT2D eigenvalue weighted by atomic mass is 19.4. The summed E-state index contributed by atoms with van der Waals surface area (Å²) in [7, 11) is 0. The van der Waals surface area contributed by atoms with E-state index in [2.05, 4.69) is 0 Å². The number of carboxylic acid groups (broad SMARTS) is 1. The van der Waals surface area contributed by atoms with Crippen LogP contribution in [-0.4, -0.2) is 11.2 Å². The van der Waals surface area contributed by atoms with Crippen LogP contribution >= 0.6 is 0 Å². The molecule has 1 aromatic carbocycles. The summed E-state index contributed by atoms with van der Waals surface area (Å²) in [6.45, 7) is -0.462. The Hall–Kier alpha value is -2.23. The van der Waals surface area contributed by atoms with Gasteiger partial charge in [-0.25, -0.2) is 4.79 Å². The maximum absolute atomic E-state index is 12.6. The molecule has 0 saturated carbocycles. The summed E-state index contributed by atoms with van der Waals surface area (Å²) in [5.41, 5.74) is -1.36. The number of hydrogen-bond acceptors (Lipinski definition) is 2. The van der Waals surface area contributed by atoms with E-state index < -0.39 is 24.4 Å². The quantitative estimate of drug-likeness (QED) is 0.838. The number of alkyl halides is 3. The largest absolute Gasteiger partial charge is 0.465 e. The van der Waals surface area contributed by atoms with E-state index in [1.54, 1.807) is 6.07 Å². The van der Waals surface area contributed by atoms with Gasteiger partial charge in [0.15, 0.2) is 0 Å². The average Bonchev–Trinajstić information content (AvgIpc) is 2.24. The normalized spacial score (nSPS) is 10.7. The van der Waals surface area contributed by atoms with Gasteiger partial charge in [0.25, 0.3) is 0 Å². The molecule has 90 valence electrons. The molecule has 0 aliphatic rings. The molecule has 1 aromatic rings. The Labute approximate surface area is 94.3 Å². The zero-order chi connectivity index (χ0) is 13.1. The van der Waals surface area contributed by atoms with E-state index in [0.29, 0.717) is 6.07 Å². The lowest BCUT2D eigenvalue weighted by Crippen LogP contribution is -2.22. The van der Waals surface area contributed by atoms with Gasteiger partial charge in [-0.3, -0.25) is 0 Å². The Balaban J connectivity index is 3.12. The maximum atomic E-state index is 12.6. The molecule has 0 atom stereocenters. The molecule has 0 heterocycles. The molecular formula is C10H7F3N2O2. The van der Waals surface area contributed by atoms with E-state index >= 15 is 0 Å². The zero-order valence-corrected chi connectivity index (χ0v) is 8.38. The maximum Gasteiger partial charge on any atom is 0.416 e. The van der Waals surface area contributed by atoms with Crippen LogP contribution < -0.4 is 5.32 Å². The first kappa shape index (κ1) is 12.8. The van der Waals surface area contributed by atoms with Crippen LogP contribution in [0.3, 0.4) is 0 Å². The highest BCUT2D eigenvalue weighted by molar-refractivity contribution is 5.64. The van der Waals surface area contributed by atoms with Crippen molar-refractivity contribution in [2.45, 2.75) is 12.7 Å². The first-order chi connectivity index (χ1) is 7.84. The van der Waals surface area contributed by atoms with Gasteiger partial charge in [-0.1, -0.05) is 6.07 Å². The summed E-state index contributed by atoms with van der Waals surface area (Å²) in [6.07, 6.45) is -6.04. The summed E-state index contributed by atoms with van der Waals surface area (Å²) in [6, 6.07) is 4.57. The van der Waals surface area contributed by atoms with Crippen LogP contribution in [0.2, 0.25) is 0 Å². The number of nitrogens with one attached hydrogen (secondary N) is 1. The number of halogens is 3. The number of carbonyl (C=O) groups is 1. The van der Waals surface area contributed by atoms with Crippen molar-refractivity contribution in [2.24, 2.45) is 0 Å². The topological polar surface area (TPSA) is 73.1 Å². The van der Waals surface area contributed by atoms with Crippen molar-refractivity contribution in [3.05, 3.63) is 34.9 Å². The van der Waals surface area contributed by atoms with Gasteiger partial charge in [0.05, 0.1) is 17.2 Å². The minimum Gasteiger partial charge on any atom is -0.465 e. The number of hydrogen-bond donors (Lipinski definition) is 2. The van der Waals surface area contributed by atoms with Crippen LogP contribution in [0, 0.1) is 11.3 Å². The van der Waals surface area contributed by atoms with Gasteiger partial charge < -0.3 is 10.4 Å². The summed E-state index contributed by atoms with van der Waals surface area (Å²) in [4.78, 5) is 10.2. The van der Waals surface area contributed by atoms with E-state index in [-0.39, 0.29) is 11.1 Å². The smallest absolute Gasteiger partial charge is 0.416 e. The molecule has 2 N–H and O–H groups in total. The number of benzene rings is 1. The second-order valence-electron chi connectivity index (χ2n) is 3.14. The minimum atomic E-state index is -4.62. The van der Waals surface area contributed by atoms with Crippen LogP contribution in [0.15, 0.2) is 18.2 Å². The van der Waals surface area contributed by atoms with Crippen LogP contribution in [0.4, 0.5) is 18.0 Å². The van der Waals surface area contributed by atoms with Gasteiger partial charge >= 0.3 is 12.3 Å². The molecule has 4 nitrogen and oxygen atoms in total. The third kappa shape index (κ3) is 3.38. The molecule has 0 saturated heterocycles. The Kier molecular flexibility index (Phi) is 3.58. The zero-order valence-electron chi connectivity index (χ0n) is 8.38. The van der Waals surface area contributed by atoms with E-state index in [1.807, 2.05) is 5.32 Å². The van der Waals surface area contributed by atoms with Crippen molar-refractivity contribution < 1.29 is 23.1 Å². The van der Waals surface area contributed by atoms with E-state index in [9.17, 15) is 18.0 Å². The van der Waals surface area contributed by atoms with Crippen LogP contribution in [-0.2, 0) is 12.7 Å². The summed E-state index contributed by atoms with van der Waals surface area (Å²) >= 11 is 0. The Morgan fingerprint density at radius 1 is 1.47 bits per heavy atom. The molecule has 0 aromatic heterocycles. The van der Waals surface area contributed by atoms with E-state index in [4.69, 9.17) is 10.4 Å². The predicted molar refractivity (Wildman–Crippen MR) is 51.0 cm³/mol. The second-order valence-corrected chi connectivity index (χ2v) is 3.14. The van der Waals surface area contributed by atoms with Crippen molar-refractivity contribution in [1.29, 1.82) is 5.26 Å². The van der Waals surface area contributed by atoms with Crippen LogP contribution in [0.5, 0.6) is 0 Å². The van der Waals surface area contributed by atoms with Crippen molar-refractivity contribution in [3.63, 3.8) is 0 Å². The lowest BCUT2D eigenvalue weighted by molar-refractivity contribution is -0.138. The van der Waals surface area contributed by atoms with Crippen molar-refractivity contribution in [1.82, 2.24) is 5.32 Å². The molecular weight excluding hydrogens is 237 g/mol. The fourth-order valence-corrected chi connectivity index (χ4v) is 1.23. The molecule has 0 aliphatic heterocycles. The Morgan fingerprint density at radius 3 is 2.59 bits per heavy atom. The molecule has 0 spiro atoms. The highest BCUT2D eigenvalue weighted by Gasteiger charge is 2.33. The van der Waals surface area contributed by atoms with Gasteiger partial charge in [-0.2, -0.15) is 18.4 Å². The van der Waals surface area contributed by atoms with Gasteiger partial charge in [0.2, 0.25) is 0 Å². The monoisotopic (exact) mass is 244 g/mol. The molecule has 0 aliphatic carbocycles. The SMILES string of the molecule is N#Cc1ccc(CNC(=O)O)c(C(F)(F)F)c1. The number of nitrogens with zero attached hydrogens (tertiary/aromatic N) is 1. The molecule has 0 fully saturated rings. The van der Waals surface area contributed by atoms with Gasteiger partial charge in [0.1, 0.15) is 0 Å². The highest BCUT2D eigenvalue weighted by Crippen LogP contribution is 2.32. The van der Waals surface area contributed by atoms with E-state index in [0.717, 1.165) is 6.07 Å². The van der Waals surface area contributed by atoms with Gasteiger partial charge in [0, 0.05) is 6.54 Å². The third-order valence-corrected chi connectivity index (χ3v) is 1.97. The van der Waals surface area contributed by atoms with Crippen LogP contribution in [0.1, 0.15) is 16.7 Å². The molecule has 7 heteroatoms. The van der Waals surface area contributed by atoms with Crippen molar-refractivity contribution in [2.75, 3.05) is 0 Å². The van der Waals surface area contributed by atoms with Crippen molar-refractivity contribution >= 4 is 6.09 Å². The first-order valence-corrected chi connectivity index (χ1v) is 4.41. The molecule has 1 amide bonds. The molecule has 0 radical (unpaired) electrons. The molecule has 1 rings (SSSR count). The first-order valence-electron chi connectivity index (χ1n) is 4.41. The minimum absolute atomic E-state index is 0.128.